The van der Waals surface area contributed by atoms with Crippen molar-refractivity contribution in [1.82, 2.24) is 14.9 Å². The fourth-order valence-corrected chi connectivity index (χ4v) is 2.34. The van der Waals surface area contributed by atoms with E-state index in [4.69, 9.17) is 16.8 Å². The van der Waals surface area contributed by atoms with E-state index in [0.29, 0.717) is 5.02 Å². The van der Waals surface area contributed by atoms with E-state index >= 15 is 0 Å². The predicted molar refractivity (Wildman–Crippen MR) is 81.8 cm³/mol. The van der Waals surface area contributed by atoms with Crippen molar-refractivity contribution in [2.45, 2.75) is 32.6 Å². The highest BCUT2D eigenvalue weighted by molar-refractivity contribution is 6.30. The Morgan fingerprint density at radius 1 is 1.43 bits per heavy atom. The zero-order valence-electron chi connectivity index (χ0n) is 11.9. The van der Waals surface area contributed by atoms with Gasteiger partial charge < -0.3 is 5.32 Å². The van der Waals surface area contributed by atoms with Crippen molar-refractivity contribution in [2.24, 2.45) is 0 Å². The fourth-order valence-electron chi connectivity index (χ4n) is 2.17. The van der Waals surface area contributed by atoms with Crippen LogP contribution in [0, 0.1) is 0 Å². The van der Waals surface area contributed by atoms with Crippen LogP contribution in [0.5, 0.6) is 0 Å². The van der Waals surface area contributed by atoms with Crippen LogP contribution in [0.25, 0.3) is 5.65 Å². The molecule has 0 atom stereocenters. The van der Waals surface area contributed by atoms with E-state index < -0.39 is 5.91 Å². The van der Waals surface area contributed by atoms with Crippen LogP contribution in [0.15, 0.2) is 18.3 Å². The maximum atomic E-state index is 11.2. The van der Waals surface area contributed by atoms with Gasteiger partial charge in [-0.05, 0) is 25.0 Å². The van der Waals surface area contributed by atoms with Crippen LogP contribution in [0.3, 0.4) is 0 Å². The highest BCUT2D eigenvalue weighted by Gasteiger charge is 2.13. The third-order valence-corrected chi connectivity index (χ3v) is 3.44. The molecule has 0 aromatic carbocycles. The number of carbonyl (C=O) groups is 1. The van der Waals surface area contributed by atoms with E-state index in [9.17, 15) is 4.79 Å². The molecule has 2 rings (SSSR count). The van der Waals surface area contributed by atoms with Gasteiger partial charge in [-0.1, -0.05) is 31.4 Å². The Labute approximate surface area is 128 Å². The minimum atomic E-state index is -0.508. The van der Waals surface area contributed by atoms with Gasteiger partial charge in [0.15, 0.2) is 0 Å². The number of rotatable bonds is 7. The molecule has 2 aromatic rings. The fraction of sp³-hybridized carbons (Fsp3) is 0.429. The van der Waals surface area contributed by atoms with Gasteiger partial charge in [-0.3, -0.25) is 14.4 Å². The van der Waals surface area contributed by atoms with Crippen molar-refractivity contribution in [3.63, 3.8) is 0 Å². The normalized spacial score (nSPS) is 10.8. The molecule has 0 aliphatic carbocycles. The Morgan fingerprint density at radius 3 is 2.95 bits per heavy atom. The van der Waals surface area contributed by atoms with Crippen LogP contribution in [-0.4, -0.2) is 27.0 Å². The number of fused-ring (bicyclic) bond motifs is 1. The second-order valence-electron chi connectivity index (χ2n) is 4.83. The first-order valence-corrected chi connectivity index (χ1v) is 7.36. The van der Waals surface area contributed by atoms with E-state index in [1.165, 1.54) is 0 Å². The quantitative estimate of drug-likeness (QED) is 0.417. The van der Waals surface area contributed by atoms with Crippen LogP contribution >= 0.6 is 11.6 Å². The number of unbranched alkanes of at least 4 members (excludes halogenated alkanes) is 2. The number of imidazole rings is 1. The number of hydrogen-bond acceptors (Lipinski definition) is 4. The number of nitrogens with one attached hydrogen (secondary N) is 2. The average Bonchev–Trinajstić information content (AvgIpc) is 2.82. The van der Waals surface area contributed by atoms with Crippen LogP contribution < -0.4 is 10.8 Å². The van der Waals surface area contributed by atoms with Gasteiger partial charge in [0.25, 0.3) is 5.91 Å². The third-order valence-electron chi connectivity index (χ3n) is 3.21. The summed E-state index contributed by atoms with van der Waals surface area (Å²) in [5.41, 5.74) is 3.28. The number of pyridine rings is 1. The summed E-state index contributed by atoms with van der Waals surface area (Å²) in [6.07, 6.45) is 5.89. The third kappa shape index (κ3) is 3.86. The summed E-state index contributed by atoms with van der Waals surface area (Å²) in [6.45, 7) is 2.12. The predicted octanol–water partition coefficient (Wildman–Crippen LogP) is 2.64. The molecule has 0 bridgehead atoms. The topological polar surface area (TPSA) is 78.7 Å². The minimum absolute atomic E-state index is 0.0302. The number of halogens is 1. The van der Waals surface area contributed by atoms with Crippen LogP contribution in [0.2, 0.25) is 5.02 Å². The monoisotopic (exact) mass is 310 g/mol. The lowest BCUT2D eigenvalue weighted by atomic mass is 10.1. The Bertz CT molecular complexity index is 627. The number of anilines is 1. The van der Waals surface area contributed by atoms with Crippen molar-refractivity contribution in [1.29, 1.82) is 0 Å². The zero-order valence-corrected chi connectivity index (χ0v) is 12.7. The van der Waals surface area contributed by atoms with Crippen molar-refractivity contribution in [2.75, 3.05) is 11.9 Å². The van der Waals surface area contributed by atoms with Crippen LogP contribution in [-0.2, 0) is 11.2 Å². The van der Waals surface area contributed by atoms with Gasteiger partial charge in [-0.15, -0.1) is 0 Å². The molecule has 114 valence electrons. The first-order valence-electron chi connectivity index (χ1n) is 6.99. The van der Waals surface area contributed by atoms with Gasteiger partial charge in [0, 0.05) is 6.20 Å². The second kappa shape index (κ2) is 7.28. The molecule has 0 aliphatic rings. The SMILES string of the molecule is CCCCCc1nc2ccc(Cl)cn2c1NCC(=O)NO. The van der Waals surface area contributed by atoms with E-state index in [0.717, 1.165) is 42.8 Å². The number of nitrogens with zero attached hydrogens (tertiary/aromatic N) is 2. The smallest absolute Gasteiger partial charge is 0.262 e. The molecule has 0 radical (unpaired) electrons. The molecule has 0 saturated carbocycles. The van der Waals surface area contributed by atoms with Gasteiger partial charge in [-0.25, -0.2) is 10.5 Å². The summed E-state index contributed by atoms with van der Waals surface area (Å²) < 4.78 is 1.83. The van der Waals surface area contributed by atoms with Crippen molar-refractivity contribution >= 4 is 29.0 Å². The molecular weight excluding hydrogens is 292 g/mol. The molecule has 0 spiro atoms. The summed E-state index contributed by atoms with van der Waals surface area (Å²) >= 11 is 6.02. The zero-order chi connectivity index (χ0) is 15.2. The van der Waals surface area contributed by atoms with E-state index in [2.05, 4.69) is 17.2 Å². The lowest BCUT2D eigenvalue weighted by molar-refractivity contribution is -0.127. The number of amides is 1. The number of aryl methyl sites for hydroxylation is 1. The minimum Gasteiger partial charge on any atom is -0.360 e. The summed E-state index contributed by atoms with van der Waals surface area (Å²) in [5.74, 6) is 0.235. The first kappa shape index (κ1) is 15.6. The summed E-state index contributed by atoms with van der Waals surface area (Å²) in [6, 6.07) is 3.62. The van der Waals surface area contributed by atoms with Crippen molar-refractivity contribution < 1.29 is 10.0 Å². The molecule has 0 unspecified atom stereocenters. The average molecular weight is 311 g/mol. The van der Waals surface area contributed by atoms with Crippen LogP contribution in [0.1, 0.15) is 31.9 Å². The Balaban J connectivity index is 2.28. The van der Waals surface area contributed by atoms with Crippen molar-refractivity contribution in [3.05, 3.63) is 29.0 Å². The lowest BCUT2D eigenvalue weighted by Crippen LogP contribution is -2.27. The van der Waals surface area contributed by atoms with Gasteiger partial charge >= 0.3 is 0 Å². The molecule has 0 aliphatic heterocycles. The first-order chi connectivity index (χ1) is 10.2. The maximum Gasteiger partial charge on any atom is 0.262 e. The standard InChI is InChI=1S/C14H19ClN4O2/c1-2-3-4-5-11-14(16-8-13(20)18-21)19-9-10(15)6-7-12(19)17-11/h6-7,9,16,21H,2-5,8H2,1H3,(H,18,20). The highest BCUT2D eigenvalue weighted by atomic mass is 35.5. The largest absolute Gasteiger partial charge is 0.360 e. The maximum absolute atomic E-state index is 11.2. The number of hydroxylamine groups is 1. The van der Waals surface area contributed by atoms with Crippen LogP contribution in [0.4, 0.5) is 5.82 Å². The molecule has 1 amide bonds. The molecule has 21 heavy (non-hydrogen) atoms. The molecule has 0 fully saturated rings. The van der Waals surface area contributed by atoms with Gasteiger partial charge in [0.05, 0.1) is 17.3 Å². The summed E-state index contributed by atoms with van der Waals surface area (Å²) in [5, 5.41) is 12.2. The number of hydrogen-bond donors (Lipinski definition) is 3. The summed E-state index contributed by atoms with van der Waals surface area (Å²) in [7, 11) is 0. The molecule has 2 aromatic heterocycles. The Hall–Kier alpha value is -1.79. The highest BCUT2D eigenvalue weighted by Crippen LogP contribution is 2.22. The molecule has 3 N–H and O–H groups in total. The molecule has 0 saturated heterocycles. The van der Waals surface area contributed by atoms with Gasteiger partial charge in [-0.2, -0.15) is 0 Å². The molecular formula is C14H19ClN4O2. The Kier molecular flexibility index (Phi) is 5.41. The van der Waals surface area contributed by atoms with E-state index in [1.807, 2.05) is 10.5 Å². The summed E-state index contributed by atoms with van der Waals surface area (Å²) in [4.78, 5) is 15.8. The molecule has 6 nitrogen and oxygen atoms in total. The molecule has 7 heteroatoms. The second-order valence-corrected chi connectivity index (χ2v) is 5.26. The van der Waals surface area contributed by atoms with Gasteiger partial charge in [0.1, 0.15) is 11.5 Å². The van der Waals surface area contributed by atoms with E-state index in [1.54, 1.807) is 17.7 Å². The number of carbonyl (C=O) groups excluding carboxylic acids is 1. The van der Waals surface area contributed by atoms with E-state index in [-0.39, 0.29) is 6.54 Å². The lowest BCUT2D eigenvalue weighted by Gasteiger charge is -2.07. The van der Waals surface area contributed by atoms with Crippen molar-refractivity contribution in [3.8, 4) is 0 Å². The number of aromatic nitrogens is 2. The molecule has 2 heterocycles. The Morgan fingerprint density at radius 2 is 2.24 bits per heavy atom. The van der Waals surface area contributed by atoms with Gasteiger partial charge in [0.2, 0.25) is 0 Å².